The van der Waals surface area contributed by atoms with Crippen LogP contribution in [0.25, 0.3) is 11.3 Å². The molecule has 0 saturated carbocycles. The number of nitrogens with one attached hydrogen (secondary N) is 1. The fourth-order valence-corrected chi connectivity index (χ4v) is 3.68. The van der Waals surface area contributed by atoms with Crippen LogP contribution in [0.5, 0.6) is 17.4 Å². The number of rotatable bonds is 8. The van der Waals surface area contributed by atoms with Gasteiger partial charge >= 0.3 is 6.18 Å². The van der Waals surface area contributed by atoms with Crippen molar-refractivity contribution in [2.24, 2.45) is 0 Å². The average Bonchev–Trinajstić information content (AvgIpc) is 3.24. The van der Waals surface area contributed by atoms with Gasteiger partial charge in [-0.25, -0.2) is 4.98 Å². The van der Waals surface area contributed by atoms with Crippen molar-refractivity contribution in [3.63, 3.8) is 0 Å². The zero-order valence-corrected chi connectivity index (χ0v) is 19.8. The van der Waals surface area contributed by atoms with E-state index in [9.17, 15) is 13.2 Å². The maximum absolute atomic E-state index is 13.4. The van der Waals surface area contributed by atoms with E-state index < -0.39 is 16.9 Å². The van der Waals surface area contributed by atoms with E-state index in [0.717, 1.165) is 17.2 Å². The standard InChI is InChI=1S/C25H19Cl2F3N2O3/c1-33-18-8-4-16(5-9-18)13-34-21-10-11-31-24(35-14-15-2-6-17(26)7-3-15)22(21)20-12-19(23(27)32-20)25(28,29)30/h2-12,32H,13-14H2,1H3. The van der Waals surface area contributed by atoms with Gasteiger partial charge in [0.25, 0.3) is 0 Å². The Labute approximate surface area is 209 Å². The first kappa shape index (κ1) is 24.8. The molecule has 0 saturated heterocycles. The van der Waals surface area contributed by atoms with Crippen LogP contribution in [0.3, 0.4) is 0 Å². The normalized spacial score (nSPS) is 11.4. The third kappa shape index (κ3) is 6.01. The van der Waals surface area contributed by atoms with E-state index in [4.69, 9.17) is 37.4 Å². The molecule has 0 unspecified atom stereocenters. The molecule has 2 aromatic carbocycles. The number of pyridine rings is 1. The molecule has 0 aliphatic carbocycles. The fraction of sp³-hybridized carbons (Fsp3) is 0.160. The number of H-pyrrole nitrogens is 1. The number of hydrogen-bond acceptors (Lipinski definition) is 4. The summed E-state index contributed by atoms with van der Waals surface area (Å²) in [6.45, 7) is 0.262. The van der Waals surface area contributed by atoms with E-state index in [1.54, 1.807) is 49.6 Å². The Bertz CT molecular complexity index is 1290. The lowest BCUT2D eigenvalue weighted by molar-refractivity contribution is -0.137. The largest absolute Gasteiger partial charge is 0.497 e. The van der Waals surface area contributed by atoms with Crippen molar-refractivity contribution >= 4 is 23.2 Å². The number of halogens is 5. The summed E-state index contributed by atoms with van der Waals surface area (Å²) in [4.78, 5) is 6.82. The molecule has 10 heteroatoms. The summed E-state index contributed by atoms with van der Waals surface area (Å²) in [5.41, 5.74) is 0.909. The van der Waals surface area contributed by atoms with Gasteiger partial charge in [-0.15, -0.1) is 0 Å². The fourth-order valence-electron chi connectivity index (χ4n) is 3.29. The Morgan fingerprint density at radius 1 is 0.886 bits per heavy atom. The van der Waals surface area contributed by atoms with Gasteiger partial charge in [0, 0.05) is 11.2 Å². The van der Waals surface area contributed by atoms with Crippen molar-refractivity contribution in [2.45, 2.75) is 19.4 Å². The molecule has 0 aliphatic heterocycles. The number of aromatic nitrogens is 2. The van der Waals surface area contributed by atoms with E-state index >= 15 is 0 Å². The van der Waals surface area contributed by atoms with Crippen molar-refractivity contribution < 1.29 is 27.4 Å². The maximum Gasteiger partial charge on any atom is 0.419 e. The lowest BCUT2D eigenvalue weighted by Crippen LogP contribution is -2.04. The Morgan fingerprint density at radius 3 is 2.11 bits per heavy atom. The first-order chi connectivity index (χ1) is 16.7. The lowest BCUT2D eigenvalue weighted by Gasteiger charge is -2.15. The van der Waals surface area contributed by atoms with Crippen LogP contribution >= 0.6 is 23.2 Å². The van der Waals surface area contributed by atoms with Crippen molar-refractivity contribution in [1.29, 1.82) is 0 Å². The molecule has 2 heterocycles. The van der Waals surface area contributed by atoms with Gasteiger partial charge in [0.2, 0.25) is 5.88 Å². The average molecular weight is 523 g/mol. The second kappa shape index (κ2) is 10.5. The maximum atomic E-state index is 13.4. The number of methoxy groups -OCH3 is 1. The monoisotopic (exact) mass is 522 g/mol. The first-order valence-corrected chi connectivity index (χ1v) is 11.1. The highest BCUT2D eigenvalue weighted by Gasteiger charge is 2.36. The Kier molecular flexibility index (Phi) is 7.42. The number of alkyl halides is 3. The van der Waals surface area contributed by atoms with Gasteiger partial charge in [-0.1, -0.05) is 47.5 Å². The van der Waals surface area contributed by atoms with Gasteiger partial charge in [-0.2, -0.15) is 13.2 Å². The molecule has 2 aromatic heterocycles. The quantitative estimate of drug-likeness (QED) is 0.259. The number of aromatic amines is 1. The molecule has 0 atom stereocenters. The Morgan fingerprint density at radius 2 is 1.51 bits per heavy atom. The Hall–Kier alpha value is -3.36. The third-order valence-corrected chi connectivity index (χ3v) is 5.61. The minimum absolute atomic E-state index is 0.0614. The molecule has 4 rings (SSSR count). The first-order valence-electron chi connectivity index (χ1n) is 10.3. The van der Waals surface area contributed by atoms with Crippen molar-refractivity contribution in [3.05, 3.63) is 93.7 Å². The minimum atomic E-state index is -4.64. The van der Waals surface area contributed by atoms with Crippen molar-refractivity contribution in [2.75, 3.05) is 7.11 Å². The number of nitrogens with zero attached hydrogens (tertiary/aromatic N) is 1. The Balaban J connectivity index is 1.68. The van der Waals surface area contributed by atoms with Gasteiger partial charge in [0.1, 0.15) is 35.4 Å². The second-order valence-electron chi connectivity index (χ2n) is 7.45. The second-order valence-corrected chi connectivity index (χ2v) is 8.26. The van der Waals surface area contributed by atoms with Crippen LogP contribution in [-0.2, 0) is 19.4 Å². The summed E-state index contributed by atoms with van der Waals surface area (Å²) >= 11 is 11.8. The number of hydrogen-bond donors (Lipinski definition) is 1. The molecule has 1 N–H and O–H groups in total. The predicted molar refractivity (Wildman–Crippen MR) is 127 cm³/mol. The molecular formula is C25H19Cl2F3N2O3. The SMILES string of the molecule is COc1ccc(COc2ccnc(OCc3ccc(Cl)cc3)c2-c2cc(C(F)(F)F)c(Cl)[nH]2)cc1. The number of ether oxygens (including phenoxy) is 3. The van der Waals surface area contributed by atoms with Gasteiger partial charge < -0.3 is 19.2 Å². The molecular weight excluding hydrogens is 504 g/mol. The van der Waals surface area contributed by atoms with Gasteiger partial charge in [0.15, 0.2) is 0 Å². The molecule has 0 fully saturated rings. The van der Waals surface area contributed by atoms with Gasteiger partial charge in [0.05, 0.1) is 18.4 Å². The summed E-state index contributed by atoms with van der Waals surface area (Å²) in [6, 6.07) is 16.7. The zero-order valence-electron chi connectivity index (χ0n) is 18.3. The number of benzene rings is 2. The smallest absolute Gasteiger partial charge is 0.419 e. The van der Waals surface area contributed by atoms with E-state index in [2.05, 4.69) is 9.97 Å². The molecule has 5 nitrogen and oxygen atoms in total. The van der Waals surface area contributed by atoms with Crippen LogP contribution in [0, 0.1) is 0 Å². The van der Waals surface area contributed by atoms with E-state index in [1.165, 1.54) is 6.20 Å². The van der Waals surface area contributed by atoms with Crippen LogP contribution in [0.4, 0.5) is 13.2 Å². The molecule has 4 aromatic rings. The highest BCUT2D eigenvalue weighted by atomic mass is 35.5. The van der Waals surface area contributed by atoms with E-state index in [1.807, 2.05) is 12.1 Å². The summed E-state index contributed by atoms with van der Waals surface area (Å²) in [5, 5.41) is 0.0308. The summed E-state index contributed by atoms with van der Waals surface area (Å²) < 4.78 is 57.2. The molecule has 0 amide bonds. The highest BCUT2D eigenvalue weighted by molar-refractivity contribution is 6.30. The van der Waals surface area contributed by atoms with Gasteiger partial charge in [-0.05, 0) is 47.5 Å². The molecule has 0 aliphatic rings. The van der Waals surface area contributed by atoms with E-state index in [0.29, 0.717) is 10.8 Å². The lowest BCUT2D eigenvalue weighted by atomic mass is 10.1. The van der Waals surface area contributed by atoms with Crippen molar-refractivity contribution in [3.8, 4) is 28.6 Å². The van der Waals surface area contributed by atoms with Crippen LogP contribution in [0.15, 0.2) is 66.9 Å². The minimum Gasteiger partial charge on any atom is -0.497 e. The zero-order chi connectivity index (χ0) is 25.0. The predicted octanol–water partition coefficient (Wildman–Crippen LogP) is 7.57. The molecule has 0 radical (unpaired) electrons. The molecule has 35 heavy (non-hydrogen) atoms. The topological polar surface area (TPSA) is 56.4 Å². The third-order valence-electron chi connectivity index (χ3n) is 5.06. The summed E-state index contributed by atoms with van der Waals surface area (Å²) in [7, 11) is 1.57. The van der Waals surface area contributed by atoms with Crippen LogP contribution in [0.2, 0.25) is 10.2 Å². The van der Waals surface area contributed by atoms with Gasteiger partial charge in [-0.3, -0.25) is 0 Å². The molecule has 182 valence electrons. The molecule has 0 spiro atoms. The van der Waals surface area contributed by atoms with E-state index in [-0.39, 0.29) is 36.1 Å². The summed E-state index contributed by atoms with van der Waals surface area (Å²) in [5.74, 6) is 1.05. The van der Waals surface area contributed by atoms with Crippen LogP contribution in [-0.4, -0.2) is 17.1 Å². The highest BCUT2D eigenvalue weighted by Crippen LogP contribution is 2.42. The van der Waals surface area contributed by atoms with Crippen LogP contribution in [0.1, 0.15) is 16.7 Å². The van der Waals surface area contributed by atoms with Crippen molar-refractivity contribution in [1.82, 2.24) is 9.97 Å². The molecule has 0 bridgehead atoms. The van der Waals surface area contributed by atoms with Crippen LogP contribution < -0.4 is 14.2 Å². The summed E-state index contributed by atoms with van der Waals surface area (Å²) in [6.07, 6.45) is -3.18.